The largest absolute Gasteiger partial charge is 0.462 e. The van der Waals surface area contributed by atoms with E-state index in [1.807, 2.05) is 37.3 Å². The third-order valence-corrected chi connectivity index (χ3v) is 3.60. The first-order valence-electron chi connectivity index (χ1n) is 7.50. The number of esters is 1. The Balaban J connectivity index is 1.50. The highest BCUT2D eigenvalue weighted by Crippen LogP contribution is 2.26. The fourth-order valence-electron chi connectivity index (χ4n) is 2.22. The summed E-state index contributed by atoms with van der Waals surface area (Å²) in [6.07, 6.45) is 4.77. The van der Waals surface area contributed by atoms with Crippen LogP contribution in [0.2, 0.25) is 0 Å². The highest BCUT2D eigenvalue weighted by molar-refractivity contribution is 5.86. The molecule has 0 atom stereocenters. The fraction of sp³-hybridized carbons (Fsp3) is 0.353. The second kappa shape index (κ2) is 6.75. The monoisotopic (exact) mass is 313 g/mol. The minimum atomic E-state index is -0.379. The lowest BCUT2D eigenvalue weighted by atomic mass is 9.90. The Kier molecular flexibility index (Phi) is 4.52. The molecule has 2 heterocycles. The van der Waals surface area contributed by atoms with E-state index in [2.05, 4.69) is 10.3 Å². The second-order valence-electron chi connectivity index (χ2n) is 6.07. The topological polar surface area (TPSA) is 66.2 Å². The Hall–Kier alpha value is -2.47. The van der Waals surface area contributed by atoms with Crippen LogP contribution in [-0.4, -0.2) is 40.8 Å². The molecule has 0 spiro atoms. The van der Waals surface area contributed by atoms with Crippen molar-refractivity contribution < 1.29 is 14.3 Å². The molecule has 0 N–H and O–H groups in total. The van der Waals surface area contributed by atoms with Gasteiger partial charge in [-0.15, -0.1) is 5.10 Å². The zero-order chi connectivity index (χ0) is 16.1. The smallest absolute Gasteiger partial charge is 0.330 e. The molecule has 1 aliphatic rings. The number of carbonyl (C=O) groups excluding carboxylic acids is 1. The van der Waals surface area contributed by atoms with E-state index in [9.17, 15) is 4.79 Å². The van der Waals surface area contributed by atoms with Crippen molar-refractivity contribution in [3.63, 3.8) is 0 Å². The first-order valence-corrected chi connectivity index (χ1v) is 7.50. The van der Waals surface area contributed by atoms with Gasteiger partial charge < -0.3 is 9.47 Å². The van der Waals surface area contributed by atoms with Crippen LogP contribution in [0.25, 0.3) is 6.08 Å². The lowest BCUT2D eigenvalue weighted by Gasteiger charge is -2.36. The van der Waals surface area contributed by atoms with E-state index < -0.39 is 0 Å². The molecule has 120 valence electrons. The molecule has 0 amide bonds. The maximum atomic E-state index is 11.7. The highest BCUT2D eigenvalue weighted by Gasteiger charge is 2.34. The van der Waals surface area contributed by atoms with Gasteiger partial charge in [-0.1, -0.05) is 42.5 Å². The van der Waals surface area contributed by atoms with Gasteiger partial charge in [0.1, 0.15) is 12.3 Å². The van der Waals surface area contributed by atoms with E-state index in [4.69, 9.17) is 9.47 Å². The molecule has 0 bridgehead atoms. The zero-order valence-electron chi connectivity index (χ0n) is 13.0. The molecule has 6 nitrogen and oxygen atoms in total. The molecule has 6 heteroatoms. The Bertz CT molecular complexity index is 690. The lowest BCUT2D eigenvalue weighted by Crippen LogP contribution is -2.43. The van der Waals surface area contributed by atoms with Crippen LogP contribution >= 0.6 is 0 Å². The molecular weight excluding hydrogens is 294 g/mol. The Morgan fingerprint density at radius 3 is 2.87 bits per heavy atom. The summed E-state index contributed by atoms with van der Waals surface area (Å²) in [6.45, 7) is 4.32. The van der Waals surface area contributed by atoms with Gasteiger partial charge in [-0.25, -0.2) is 9.48 Å². The van der Waals surface area contributed by atoms with Crippen molar-refractivity contribution >= 4 is 12.0 Å². The summed E-state index contributed by atoms with van der Waals surface area (Å²) in [5.41, 5.74) is 1.72. The standard InChI is InChI=1S/C17H19N3O3/c1-17(11-22-12-17)13-23-16(21)8-7-15-10-20(19-18-15)9-14-5-3-2-4-6-14/h2-8,10H,9,11-13H2,1H3/b8-7+. The second-order valence-corrected chi connectivity index (χ2v) is 6.07. The molecule has 0 aliphatic carbocycles. The fourth-order valence-corrected chi connectivity index (χ4v) is 2.22. The summed E-state index contributed by atoms with van der Waals surface area (Å²) < 4.78 is 12.1. The van der Waals surface area contributed by atoms with Crippen molar-refractivity contribution in [3.05, 3.63) is 53.9 Å². The predicted octanol–water partition coefficient (Wildman–Crippen LogP) is 1.92. The van der Waals surface area contributed by atoms with E-state index in [1.165, 1.54) is 6.08 Å². The number of nitrogens with zero attached hydrogens (tertiary/aromatic N) is 3. The lowest BCUT2D eigenvalue weighted by molar-refractivity contribution is -0.160. The van der Waals surface area contributed by atoms with Crippen LogP contribution in [0.3, 0.4) is 0 Å². The summed E-state index contributed by atoms with van der Waals surface area (Å²) in [7, 11) is 0. The van der Waals surface area contributed by atoms with Gasteiger partial charge in [-0.05, 0) is 11.6 Å². The van der Waals surface area contributed by atoms with Crippen LogP contribution in [0.5, 0.6) is 0 Å². The number of ether oxygens (including phenoxy) is 2. The summed E-state index contributed by atoms with van der Waals surface area (Å²) in [6, 6.07) is 9.99. The van der Waals surface area contributed by atoms with Crippen LogP contribution in [0.15, 0.2) is 42.6 Å². The van der Waals surface area contributed by atoms with E-state index >= 15 is 0 Å². The SMILES string of the molecule is CC1(COC(=O)/C=C/c2cn(Cc3ccccc3)nn2)COC1. The molecule has 1 aliphatic heterocycles. The van der Waals surface area contributed by atoms with Gasteiger partial charge in [-0.2, -0.15) is 0 Å². The maximum absolute atomic E-state index is 11.7. The van der Waals surface area contributed by atoms with Crippen molar-refractivity contribution in [2.24, 2.45) is 5.41 Å². The molecule has 2 aromatic rings. The minimum Gasteiger partial charge on any atom is -0.462 e. The first-order chi connectivity index (χ1) is 11.1. The number of hydrogen-bond acceptors (Lipinski definition) is 5. The Labute approximate surface area is 134 Å². The highest BCUT2D eigenvalue weighted by atomic mass is 16.5. The molecule has 0 unspecified atom stereocenters. The van der Waals surface area contributed by atoms with Crippen molar-refractivity contribution in [1.82, 2.24) is 15.0 Å². The van der Waals surface area contributed by atoms with Gasteiger partial charge >= 0.3 is 5.97 Å². The van der Waals surface area contributed by atoms with E-state index in [-0.39, 0.29) is 11.4 Å². The van der Waals surface area contributed by atoms with Crippen LogP contribution in [-0.2, 0) is 20.8 Å². The quantitative estimate of drug-likeness (QED) is 0.602. The van der Waals surface area contributed by atoms with Gasteiger partial charge in [-0.3, -0.25) is 0 Å². The summed E-state index contributed by atoms with van der Waals surface area (Å²) in [5, 5.41) is 8.06. The van der Waals surface area contributed by atoms with Crippen molar-refractivity contribution in [2.75, 3.05) is 19.8 Å². The molecule has 1 aromatic heterocycles. The third-order valence-electron chi connectivity index (χ3n) is 3.60. The summed E-state index contributed by atoms with van der Waals surface area (Å²) in [4.78, 5) is 11.7. The minimum absolute atomic E-state index is 0.0394. The normalized spacial score (nSPS) is 16.2. The molecule has 0 saturated carbocycles. The zero-order valence-corrected chi connectivity index (χ0v) is 13.0. The van der Waals surface area contributed by atoms with Gasteiger partial charge in [0.25, 0.3) is 0 Å². The van der Waals surface area contributed by atoms with Crippen molar-refractivity contribution in [3.8, 4) is 0 Å². The van der Waals surface area contributed by atoms with Crippen LogP contribution in [0, 0.1) is 5.41 Å². The first kappa shape index (κ1) is 15.4. The molecule has 23 heavy (non-hydrogen) atoms. The molecule has 1 aromatic carbocycles. The average Bonchev–Trinajstić information content (AvgIpc) is 2.97. The van der Waals surface area contributed by atoms with E-state index in [0.717, 1.165) is 5.56 Å². The molecule has 1 fully saturated rings. The van der Waals surface area contributed by atoms with E-state index in [0.29, 0.717) is 32.1 Å². The van der Waals surface area contributed by atoms with Gasteiger partial charge in [0.05, 0.1) is 26.0 Å². The number of rotatable bonds is 6. The Morgan fingerprint density at radius 2 is 2.17 bits per heavy atom. The van der Waals surface area contributed by atoms with Crippen molar-refractivity contribution in [1.29, 1.82) is 0 Å². The summed E-state index contributed by atoms with van der Waals surface area (Å²) in [5.74, 6) is -0.379. The van der Waals surface area contributed by atoms with Gasteiger partial charge in [0, 0.05) is 11.5 Å². The molecule has 1 saturated heterocycles. The molecule has 3 rings (SSSR count). The van der Waals surface area contributed by atoms with Crippen LogP contribution < -0.4 is 0 Å². The maximum Gasteiger partial charge on any atom is 0.330 e. The molecular formula is C17H19N3O3. The molecule has 0 radical (unpaired) electrons. The number of carbonyl (C=O) groups is 1. The predicted molar refractivity (Wildman–Crippen MR) is 84.5 cm³/mol. The van der Waals surface area contributed by atoms with Crippen LogP contribution in [0.1, 0.15) is 18.2 Å². The van der Waals surface area contributed by atoms with Gasteiger partial charge in [0.2, 0.25) is 0 Å². The number of benzene rings is 1. The summed E-state index contributed by atoms with van der Waals surface area (Å²) >= 11 is 0. The van der Waals surface area contributed by atoms with Gasteiger partial charge in [0.15, 0.2) is 0 Å². The van der Waals surface area contributed by atoms with Crippen LogP contribution in [0.4, 0.5) is 0 Å². The number of hydrogen-bond donors (Lipinski definition) is 0. The van der Waals surface area contributed by atoms with Crippen molar-refractivity contribution in [2.45, 2.75) is 13.5 Å². The van der Waals surface area contributed by atoms with E-state index in [1.54, 1.807) is 17.0 Å². The number of aromatic nitrogens is 3. The third kappa shape index (κ3) is 4.26. The Morgan fingerprint density at radius 1 is 1.39 bits per heavy atom. The average molecular weight is 313 g/mol.